The van der Waals surface area contributed by atoms with E-state index in [4.69, 9.17) is 4.74 Å². The average Bonchev–Trinajstić information content (AvgIpc) is 2.87. The standard InChI is InChI=1S/C32H39N3O5/c1-20-12-11-13-21(2)27(20)34-29(37)28(24-16-17-26(36)22(3)18-24)35(7)30(38)25(19-23-14-9-8-10-15-23)33-31(39)40-32(4,5)6/h8-18,25,28,36H,19H2,1-7H3,(H,33,39)(H,34,37). The zero-order valence-corrected chi connectivity index (χ0v) is 24.2. The number of amides is 3. The molecule has 0 aliphatic rings. The van der Waals surface area contributed by atoms with Gasteiger partial charge in [0.05, 0.1) is 0 Å². The number of anilines is 1. The number of alkyl carbamates (subject to hydrolysis) is 1. The van der Waals surface area contributed by atoms with Crippen molar-refractivity contribution in [2.75, 3.05) is 12.4 Å². The highest BCUT2D eigenvalue weighted by atomic mass is 16.6. The number of ether oxygens (including phenoxy) is 1. The third kappa shape index (κ3) is 7.85. The van der Waals surface area contributed by atoms with Gasteiger partial charge in [0.2, 0.25) is 5.91 Å². The Hall–Kier alpha value is -4.33. The average molecular weight is 546 g/mol. The van der Waals surface area contributed by atoms with Crippen LogP contribution < -0.4 is 10.6 Å². The maximum Gasteiger partial charge on any atom is 0.408 e. The summed E-state index contributed by atoms with van der Waals surface area (Å²) in [5, 5.41) is 15.8. The molecule has 0 aliphatic heterocycles. The molecule has 0 saturated heterocycles. The van der Waals surface area contributed by atoms with Crippen molar-refractivity contribution in [3.63, 3.8) is 0 Å². The fraction of sp³-hybridized carbons (Fsp3) is 0.344. The molecular weight excluding hydrogens is 506 g/mol. The van der Waals surface area contributed by atoms with Crippen molar-refractivity contribution in [2.45, 2.75) is 65.6 Å². The number of nitrogens with one attached hydrogen (secondary N) is 2. The Bertz CT molecular complexity index is 1340. The number of rotatable bonds is 8. The smallest absolute Gasteiger partial charge is 0.408 e. The molecule has 40 heavy (non-hydrogen) atoms. The van der Waals surface area contributed by atoms with Crippen LogP contribution in [0.25, 0.3) is 0 Å². The van der Waals surface area contributed by atoms with E-state index in [-0.39, 0.29) is 12.2 Å². The largest absolute Gasteiger partial charge is 0.508 e. The van der Waals surface area contributed by atoms with E-state index in [1.807, 2.05) is 62.4 Å². The molecule has 0 radical (unpaired) electrons. The van der Waals surface area contributed by atoms with Crippen molar-refractivity contribution in [3.05, 3.63) is 94.5 Å². The summed E-state index contributed by atoms with van der Waals surface area (Å²) in [4.78, 5) is 42.0. The van der Waals surface area contributed by atoms with E-state index in [9.17, 15) is 19.5 Å². The minimum atomic E-state index is -1.05. The number of likely N-dealkylation sites (N-methyl/N-ethyl adjacent to an activating group) is 1. The van der Waals surface area contributed by atoms with E-state index in [0.717, 1.165) is 16.7 Å². The SMILES string of the molecule is Cc1cc(C(C(=O)Nc2c(C)cccc2C)N(C)C(=O)C(Cc2ccccc2)NC(=O)OC(C)(C)C)ccc1O. The number of phenols is 1. The molecule has 0 bridgehead atoms. The van der Waals surface area contributed by atoms with Gasteiger partial charge in [-0.15, -0.1) is 0 Å². The fourth-order valence-corrected chi connectivity index (χ4v) is 4.48. The van der Waals surface area contributed by atoms with Crippen molar-refractivity contribution in [3.8, 4) is 5.75 Å². The van der Waals surface area contributed by atoms with E-state index in [1.54, 1.807) is 39.8 Å². The van der Waals surface area contributed by atoms with Gasteiger partial charge in [-0.1, -0.05) is 54.6 Å². The number of benzene rings is 3. The van der Waals surface area contributed by atoms with Crippen molar-refractivity contribution in [1.29, 1.82) is 0 Å². The van der Waals surface area contributed by atoms with E-state index < -0.39 is 35.6 Å². The molecule has 3 amide bonds. The topological polar surface area (TPSA) is 108 Å². The molecule has 0 fully saturated rings. The first kappa shape index (κ1) is 30.2. The minimum Gasteiger partial charge on any atom is -0.508 e. The molecule has 0 saturated carbocycles. The normalized spacial score (nSPS) is 12.7. The predicted molar refractivity (Wildman–Crippen MR) is 156 cm³/mol. The Morgan fingerprint density at radius 3 is 2.10 bits per heavy atom. The fourth-order valence-electron chi connectivity index (χ4n) is 4.48. The van der Waals surface area contributed by atoms with E-state index in [0.29, 0.717) is 16.8 Å². The second-order valence-electron chi connectivity index (χ2n) is 11.0. The Balaban J connectivity index is 2.00. The van der Waals surface area contributed by atoms with Crippen LogP contribution in [0.2, 0.25) is 0 Å². The molecule has 8 nitrogen and oxygen atoms in total. The van der Waals surface area contributed by atoms with Gasteiger partial charge in [-0.05, 0) is 81.5 Å². The molecular formula is C32H39N3O5. The van der Waals surface area contributed by atoms with Crippen LogP contribution in [0.3, 0.4) is 0 Å². The highest BCUT2D eigenvalue weighted by molar-refractivity contribution is 5.99. The molecule has 2 atom stereocenters. The van der Waals surface area contributed by atoms with Crippen molar-refractivity contribution >= 4 is 23.6 Å². The zero-order chi connectivity index (χ0) is 29.6. The van der Waals surface area contributed by atoms with Crippen LogP contribution in [0.15, 0.2) is 66.7 Å². The summed E-state index contributed by atoms with van der Waals surface area (Å²) in [6.45, 7) is 10.8. The number of para-hydroxylation sites is 1. The second kappa shape index (κ2) is 12.7. The lowest BCUT2D eigenvalue weighted by molar-refractivity contribution is -0.139. The van der Waals surface area contributed by atoms with E-state index in [2.05, 4.69) is 10.6 Å². The Morgan fingerprint density at radius 1 is 0.900 bits per heavy atom. The van der Waals surface area contributed by atoms with Gasteiger partial charge in [-0.25, -0.2) is 4.79 Å². The van der Waals surface area contributed by atoms with Gasteiger partial charge < -0.3 is 25.4 Å². The minimum absolute atomic E-state index is 0.0835. The summed E-state index contributed by atoms with van der Waals surface area (Å²) in [6, 6.07) is 17.8. The van der Waals surface area contributed by atoms with Crippen LogP contribution in [-0.2, 0) is 20.7 Å². The molecule has 3 rings (SSSR count). The van der Waals surface area contributed by atoms with E-state index >= 15 is 0 Å². The number of aryl methyl sites for hydroxylation is 3. The zero-order valence-electron chi connectivity index (χ0n) is 24.2. The Morgan fingerprint density at radius 2 is 1.52 bits per heavy atom. The predicted octanol–water partition coefficient (Wildman–Crippen LogP) is 5.59. The summed E-state index contributed by atoms with van der Waals surface area (Å²) in [5.41, 5.74) is 3.60. The molecule has 3 N–H and O–H groups in total. The van der Waals surface area contributed by atoms with Gasteiger partial charge in [-0.3, -0.25) is 9.59 Å². The van der Waals surface area contributed by atoms with Gasteiger partial charge >= 0.3 is 6.09 Å². The number of hydrogen-bond acceptors (Lipinski definition) is 5. The number of nitrogens with zero attached hydrogens (tertiary/aromatic N) is 1. The van der Waals surface area contributed by atoms with Gasteiger partial charge in [0.25, 0.3) is 5.91 Å². The maximum atomic E-state index is 14.0. The maximum absolute atomic E-state index is 14.0. The third-order valence-corrected chi connectivity index (χ3v) is 6.52. The van der Waals surface area contributed by atoms with Crippen LogP contribution in [0.1, 0.15) is 54.6 Å². The quantitative estimate of drug-likeness (QED) is 0.342. The number of hydrogen-bond donors (Lipinski definition) is 3. The number of phenolic OH excluding ortho intramolecular Hbond substituents is 1. The molecule has 2 unspecified atom stereocenters. The molecule has 212 valence electrons. The first-order chi connectivity index (χ1) is 18.8. The van der Waals surface area contributed by atoms with Gasteiger partial charge in [0, 0.05) is 19.2 Å². The summed E-state index contributed by atoms with van der Waals surface area (Å²) in [7, 11) is 1.54. The summed E-state index contributed by atoms with van der Waals surface area (Å²) < 4.78 is 5.43. The highest BCUT2D eigenvalue weighted by Crippen LogP contribution is 2.29. The van der Waals surface area contributed by atoms with Crippen LogP contribution in [-0.4, -0.2) is 46.6 Å². The molecule has 0 spiro atoms. The van der Waals surface area contributed by atoms with Crippen LogP contribution >= 0.6 is 0 Å². The molecule has 3 aromatic carbocycles. The van der Waals surface area contributed by atoms with Gasteiger partial charge in [0.15, 0.2) is 0 Å². The second-order valence-corrected chi connectivity index (χ2v) is 11.0. The number of carbonyl (C=O) groups is 3. The van der Waals surface area contributed by atoms with Crippen molar-refractivity contribution in [1.82, 2.24) is 10.2 Å². The first-order valence-electron chi connectivity index (χ1n) is 13.2. The lowest BCUT2D eigenvalue weighted by atomic mass is 9.99. The summed E-state index contributed by atoms with van der Waals surface area (Å²) >= 11 is 0. The first-order valence-corrected chi connectivity index (χ1v) is 13.2. The summed E-state index contributed by atoms with van der Waals surface area (Å²) in [5.74, 6) is -0.809. The van der Waals surface area contributed by atoms with Crippen LogP contribution in [0, 0.1) is 20.8 Å². The Labute approximate surface area is 236 Å². The number of aromatic hydroxyl groups is 1. The van der Waals surface area contributed by atoms with Gasteiger partial charge in [0.1, 0.15) is 23.4 Å². The Kier molecular flexibility index (Phi) is 9.58. The van der Waals surface area contributed by atoms with Crippen LogP contribution in [0.5, 0.6) is 5.75 Å². The van der Waals surface area contributed by atoms with Gasteiger partial charge in [-0.2, -0.15) is 0 Å². The monoisotopic (exact) mass is 545 g/mol. The van der Waals surface area contributed by atoms with Crippen molar-refractivity contribution < 1.29 is 24.2 Å². The molecule has 8 heteroatoms. The lowest BCUT2D eigenvalue weighted by Gasteiger charge is -2.32. The highest BCUT2D eigenvalue weighted by Gasteiger charge is 2.35. The molecule has 0 aliphatic carbocycles. The third-order valence-electron chi connectivity index (χ3n) is 6.52. The van der Waals surface area contributed by atoms with Crippen LogP contribution in [0.4, 0.5) is 10.5 Å². The van der Waals surface area contributed by atoms with Crippen molar-refractivity contribution in [2.24, 2.45) is 0 Å². The van der Waals surface area contributed by atoms with E-state index in [1.165, 1.54) is 18.0 Å². The molecule has 3 aromatic rings. The lowest BCUT2D eigenvalue weighted by Crippen LogP contribution is -2.52. The number of carbonyl (C=O) groups excluding carboxylic acids is 3. The summed E-state index contributed by atoms with van der Waals surface area (Å²) in [6.07, 6.45) is -0.532. The molecule has 0 heterocycles. The molecule has 0 aromatic heterocycles.